The molecule has 450 valence electrons. The molecule has 0 unspecified atom stereocenters. The van der Waals surface area contributed by atoms with Crippen LogP contribution in [-0.4, -0.2) is 46.9 Å². The highest BCUT2D eigenvalue weighted by Gasteiger charge is 2.68. The van der Waals surface area contributed by atoms with E-state index in [9.17, 15) is 0 Å². The van der Waals surface area contributed by atoms with Crippen LogP contribution in [0.15, 0.2) is 394 Å². The molecular weight excluding hydrogens is 1230 g/mol. The minimum absolute atomic E-state index is 0.919. The van der Waals surface area contributed by atoms with E-state index in [2.05, 4.69) is 399 Å². The molecular formula is C84H65NO4Si5. The first-order valence-electron chi connectivity index (χ1n) is 32.1. The molecule has 94 heavy (non-hydrogen) atoms. The highest BCUT2D eigenvalue weighted by Crippen LogP contribution is 2.36. The number of hydrogen-bond donors (Lipinski definition) is 0. The summed E-state index contributed by atoms with van der Waals surface area (Å²) in [5.41, 5.74) is 5.38. The fourth-order valence-corrected chi connectivity index (χ4v) is 41.8. The van der Waals surface area contributed by atoms with Crippen LogP contribution in [-0.2, 0) is 16.5 Å². The molecule has 0 saturated carbocycles. The normalized spacial score (nSPS) is 15.0. The van der Waals surface area contributed by atoms with Gasteiger partial charge in [-0.15, -0.1) is 0 Å². The van der Waals surface area contributed by atoms with Gasteiger partial charge in [-0.05, 0) is 97.6 Å². The lowest BCUT2D eigenvalue weighted by Gasteiger charge is -2.53. The maximum Gasteiger partial charge on any atom is 0.390 e. The monoisotopic (exact) mass is 1290 g/mol. The van der Waals surface area contributed by atoms with Gasteiger partial charge in [0.05, 0.1) is 11.0 Å². The van der Waals surface area contributed by atoms with Gasteiger partial charge in [-0.3, -0.25) is 0 Å². The number of para-hydroxylation sites is 1. The Morgan fingerprint density at radius 2 is 0.489 bits per heavy atom. The molecule has 1 aromatic heterocycles. The molecule has 10 heteroatoms. The van der Waals surface area contributed by atoms with Gasteiger partial charge in [-0.25, -0.2) is 0 Å². The van der Waals surface area contributed by atoms with Crippen LogP contribution in [0.3, 0.4) is 0 Å². The third-order valence-corrected chi connectivity index (χ3v) is 41.3. The van der Waals surface area contributed by atoms with Crippen LogP contribution in [0.5, 0.6) is 0 Å². The van der Waals surface area contributed by atoms with Crippen LogP contribution >= 0.6 is 0 Å². The van der Waals surface area contributed by atoms with Crippen LogP contribution < -0.4 is 62.2 Å². The number of rotatable bonds is 14. The Balaban J connectivity index is 0.933. The first-order valence-corrected chi connectivity index (χ1v) is 41.4. The van der Waals surface area contributed by atoms with Gasteiger partial charge in [0, 0.05) is 16.5 Å². The zero-order chi connectivity index (χ0) is 62.8. The molecule has 0 bridgehead atoms. The van der Waals surface area contributed by atoms with Crippen molar-refractivity contribution in [3.63, 3.8) is 0 Å². The van der Waals surface area contributed by atoms with E-state index >= 15 is 0 Å². The first-order chi connectivity index (χ1) is 46.5. The summed E-state index contributed by atoms with van der Waals surface area (Å²) in [5.74, 6) is 0. The number of fused-ring (bicyclic) bond motifs is 3. The molecule has 5 nitrogen and oxygen atoms in total. The molecule has 1 aliphatic rings. The van der Waals surface area contributed by atoms with Crippen LogP contribution in [0.2, 0.25) is 0 Å². The van der Waals surface area contributed by atoms with Crippen molar-refractivity contribution >= 4 is 126 Å². The van der Waals surface area contributed by atoms with E-state index < -0.39 is 42.3 Å². The molecule has 1 aliphatic heterocycles. The third-order valence-electron chi connectivity index (χ3n) is 18.6. The molecule has 14 aromatic carbocycles. The summed E-state index contributed by atoms with van der Waals surface area (Å²) in [6.07, 6.45) is 0. The standard InChI is InChI=1S/C84H65NO4Si5/c1-11-38-69(39-12-1)90(70-40-13-2-14-41-70,71-42-15-3-16-43-71)79-61-62-84-82(65-79)81-59-31-32-60-83(81)85(84)68-37-33-35-66(63-68)67-36-34-58-80(64-67)94(78-56-29-10-30-57-78)88-92(74-48-21-6-22-49-74,75-50-23-7-24-51-75)86-91(72-44-17-4-18-45-72,73-46-19-5-20-47-73)87-93(89-94,76-52-25-8-26-53-76)77-54-27-9-28-55-77/h1-65H. The van der Waals surface area contributed by atoms with Crippen molar-refractivity contribution < 1.29 is 16.5 Å². The second-order valence-corrected chi connectivity index (χ2v) is 40.6. The predicted octanol–water partition coefficient (Wildman–Crippen LogP) is 11.2. The van der Waals surface area contributed by atoms with Gasteiger partial charge in [0.2, 0.25) is 0 Å². The lowest BCUT2D eigenvalue weighted by Crippen LogP contribution is -2.88. The fourth-order valence-electron chi connectivity index (χ4n) is 14.4. The molecule has 0 aliphatic carbocycles. The summed E-state index contributed by atoms with van der Waals surface area (Å²) in [6, 6.07) is 142. The average molecular weight is 1290 g/mol. The molecule has 15 aromatic rings. The van der Waals surface area contributed by atoms with Crippen molar-refractivity contribution in [3.05, 3.63) is 394 Å². The van der Waals surface area contributed by atoms with Gasteiger partial charge in [0.1, 0.15) is 0 Å². The zero-order valence-electron chi connectivity index (χ0n) is 51.6. The first kappa shape index (κ1) is 58.9. The minimum Gasteiger partial charge on any atom is -0.402 e. The second-order valence-electron chi connectivity index (χ2n) is 24.0. The zero-order valence-corrected chi connectivity index (χ0v) is 56.6. The maximum absolute atomic E-state index is 8.92. The lowest BCUT2D eigenvalue weighted by atomic mass is 10.1. The molecule has 1 saturated heterocycles. The smallest absolute Gasteiger partial charge is 0.390 e. The van der Waals surface area contributed by atoms with Gasteiger partial charge in [-0.2, -0.15) is 0 Å². The van der Waals surface area contributed by atoms with Gasteiger partial charge < -0.3 is 21.0 Å². The van der Waals surface area contributed by atoms with Crippen molar-refractivity contribution in [2.75, 3.05) is 0 Å². The lowest BCUT2D eigenvalue weighted by molar-refractivity contribution is 0.268. The number of nitrogens with zero attached hydrogens (tertiary/aromatic N) is 1. The number of benzene rings is 14. The Morgan fingerprint density at radius 3 is 0.862 bits per heavy atom. The SMILES string of the molecule is c1ccc([Si]2(c3ccccc3)O[Si](c3ccccc3)(c3ccccc3)O[Si](c3ccccc3)(c3cccc(-c4cccc(-n5c6ccccc6c6cc([Si](c7ccccc7)(c7ccccc7)c7ccccc7)ccc65)c4)c3)O[Si](c3ccccc3)(c3ccccc3)O2)cc1. The van der Waals surface area contributed by atoms with Crippen LogP contribution in [0.4, 0.5) is 0 Å². The largest absolute Gasteiger partial charge is 0.402 e. The summed E-state index contributed by atoms with van der Waals surface area (Å²) in [5, 5.41) is 15.3. The summed E-state index contributed by atoms with van der Waals surface area (Å²) in [4.78, 5) is 0. The van der Waals surface area contributed by atoms with Crippen molar-refractivity contribution in [1.29, 1.82) is 0 Å². The Kier molecular flexibility index (Phi) is 15.7. The Morgan fingerprint density at radius 1 is 0.202 bits per heavy atom. The van der Waals surface area contributed by atoms with Crippen molar-refractivity contribution in [2.24, 2.45) is 0 Å². The third kappa shape index (κ3) is 10.1. The Hall–Kier alpha value is -10.2. The molecule has 0 amide bonds. The van der Waals surface area contributed by atoms with E-state index in [1.807, 2.05) is 0 Å². The van der Waals surface area contributed by atoms with Gasteiger partial charge in [0.15, 0.2) is 8.07 Å². The van der Waals surface area contributed by atoms with E-state index in [1.165, 1.54) is 31.5 Å². The topological polar surface area (TPSA) is 41.9 Å². The van der Waals surface area contributed by atoms with E-state index in [1.54, 1.807) is 0 Å². The molecule has 1 fully saturated rings. The van der Waals surface area contributed by atoms with E-state index in [0.29, 0.717) is 0 Å². The summed E-state index contributed by atoms with van der Waals surface area (Å²) in [6.45, 7) is 0. The molecule has 2 heterocycles. The fraction of sp³-hybridized carbons (Fsp3) is 0. The van der Waals surface area contributed by atoms with Crippen LogP contribution in [0.25, 0.3) is 38.6 Å². The molecule has 0 radical (unpaired) electrons. The highest BCUT2D eigenvalue weighted by molar-refractivity contribution is 7.20. The molecule has 0 N–H and O–H groups in total. The average Bonchev–Trinajstić information content (AvgIpc) is 0.779. The number of aromatic nitrogens is 1. The van der Waals surface area contributed by atoms with Crippen molar-refractivity contribution in [3.8, 4) is 16.8 Å². The summed E-state index contributed by atoms with van der Waals surface area (Å²) in [7, 11) is -19.5. The minimum atomic E-state index is -4.29. The van der Waals surface area contributed by atoms with Crippen LogP contribution in [0.1, 0.15) is 0 Å². The van der Waals surface area contributed by atoms with Gasteiger partial charge in [-0.1, -0.05) is 370 Å². The van der Waals surface area contributed by atoms with Crippen molar-refractivity contribution in [1.82, 2.24) is 4.57 Å². The summed E-state index contributed by atoms with van der Waals surface area (Å²) < 4.78 is 37.8. The van der Waals surface area contributed by atoms with E-state index in [0.717, 1.165) is 69.3 Å². The van der Waals surface area contributed by atoms with E-state index in [4.69, 9.17) is 16.5 Å². The van der Waals surface area contributed by atoms with Gasteiger partial charge >= 0.3 is 34.2 Å². The maximum atomic E-state index is 8.92. The predicted molar refractivity (Wildman–Crippen MR) is 399 cm³/mol. The van der Waals surface area contributed by atoms with Crippen LogP contribution in [0, 0.1) is 0 Å². The highest BCUT2D eigenvalue weighted by atomic mass is 28.5. The molecule has 0 atom stereocenters. The Bertz CT molecular complexity index is 4770. The quantitative estimate of drug-likeness (QED) is 0.0804. The Labute approximate surface area is 554 Å². The van der Waals surface area contributed by atoms with E-state index in [-0.39, 0.29) is 0 Å². The molecule has 0 spiro atoms. The van der Waals surface area contributed by atoms with Crippen molar-refractivity contribution in [2.45, 2.75) is 0 Å². The molecule has 16 rings (SSSR count). The second kappa shape index (κ2) is 25.0. The van der Waals surface area contributed by atoms with Gasteiger partial charge in [0.25, 0.3) is 0 Å². The summed E-state index contributed by atoms with van der Waals surface area (Å²) >= 11 is 0. The number of hydrogen-bond acceptors (Lipinski definition) is 4.